The fraction of sp³-hybridized carbons (Fsp3) is 0.706. The van der Waals surface area contributed by atoms with Gasteiger partial charge in [-0.05, 0) is 53.8 Å². The maximum Gasteiger partial charge on any atom is 0.133 e. The van der Waals surface area contributed by atoms with E-state index < -0.39 is 0 Å². The van der Waals surface area contributed by atoms with Crippen LogP contribution in [0.1, 0.15) is 39.2 Å². The van der Waals surface area contributed by atoms with Crippen LogP contribution in [0.15, 0.2) is 18.3 Å². The smallest absolute Gasteiger partial charge is 0.133 e. The summed E-state index contributed by atoms with van der Waals surface area (Å²) in [5.74, 6) is 1.16. The van der Waals surface area contributed by atoms with Crippen LogP contribution in [0.5, 0.6) is 0 Å². The van der Waals surface area contributed by atoms with E-state index in [1.807, 2.05) is 12.3 Å². The van der Waals surface area contributed by atoms with Gasteiger partial charge in [0.25, 0.3) is 0 Å². The molecular weight excluding hydrogens is 260 g/mol. The van der Waals surface area contributed by atoms with E-state index in [0.717, 1.165) is 25.5 Å². The highest BCUT2D eigenvalue weighted by molar-refractivity contribution is 5.47. The Labute approximate surface area is 129 Å². The number of nitrogens with zero attached hydrogens (tertiary/aromatic N) is 3. The second-order valence-corrected chi connectivity index (χ2v) is 7.27. The highest BCUT2D eigenvalue weighted by atomic mass is 15.2. The van der Waals surface area contributed by atoms with Gasteiger partial charge in [0.2, 0.25) is 0 Å². The first-order chi connectivity index (χ1) is 9.87. The molecule has 1 aromatic rings. The van der Waals surface area contributed by atoms with Crippen molar-refractivity contribution in [3.8, 4) is 0 Å². The molecule has 1 aromatic heterocycles. The van der Waals surface area contributed by atoms with E-state index in [1.165, 1.54) is 18.4 Å². The fourth-order valence-electron chi connectivity index (χ4n) is 2.81. The Morgan fingerprint density at radius 2 is 1.95 bits per heavy atom. The molecule has 1 aliphatic heterocycles. The molecular formula is C17H30N4. The topological polar surface area (TPSA) is 31.4 Å². The van der Waals surface area contributed by atoms with Gasteiger partial charge in [0.05, 0.1) is 0 Å². The van der Waals surface area contributed by atoms with E-state index in [2.05, 4.69) is 61.0 Å². The molecule has 0 atom stereocenters. The molecule has 1 N–H and O–H groups in total. The van der Waals surface area contributed by atoms with Gasteiger partial charge >= 0.3 is 0 Å². The molecule has 1 saturated heterocycles. The number of nitrogens with one attached hydrogen (secondary N) is 1. The van der Waals surface area contributed by atoms with Crippen molar-refractivity contribution < 1.29 is 0 Å². The monoisotopic (exact) mass is 290 g/mol. The Bertz CT molecular complexity index is 442. The van der Waals surface area contributed by atoms with Crippen molar-refractivity contribution in [2.24, 2.45) is 0 Å². The normalized spacial score (nSPS) is 17.5. The molecule has 0 aromatic carbocycles. The summed E-state index contributed by atoms with van der Waals surface area (Å²) in [6.07, 6.45) is 4.35. The summed E-state index contributed by atoms with van der Waals surface area (Å²) in [6.45, 7) is 9.67. The zero-order valence-corrected chi connectivity index (χ0v) is 14.2. The summed E-state index contributed by atoms with van der Waals surface area (Å²) in [4.78, 5) is 9.43. The Balaban J connectivity index is 2.03. The maximum atomic E-state index is 4.65. The van der Waals surface area contributed by atoms with Crippen LogP contribution >= 0.6 is 0 Å². The molecule has 1 fully saturated rings. The van der Waals surface area contributed by atoms with E-state index in [-0.39, 0.29) is 5.54 Å². The Kier molecular flexibility index (Phi) is 5.22. The Morgan fingerprint density at radius 1 is 1.29 bits per heavy atom. The highest BCUT2D eigenvalue weighted by Crippen LogP contribution is 2.23. The van der Waals surface area contributed by atoms with Crippen LogP contribution in [0.25, 0.3) is 0 Å². The zero-order valence-electron chi connectivity index (χ0n) is 14.2. The van der Waals surface area contributed by atoms with Gasteiger partial charge in [0, 0.05) is 43.0 Å². The molecule has 0 radical (unpaired) electrons. The molecule has 1 aliphatic rings. The van der Waals surface area contributed by atoms with Crippen LogP contribution < -0.4 is 10.2 Å². The van der Waals surface area contributed by atoms with Crippen LogP contribution in [-0.4, -0.2) is 48.6 Å². The lowest BCUT2D eigenvalue weighted by Gasteiger charge is -2.36. The second kappa shape index (κ2) is 6.75. The number of hydrogen-bond donors (Lipinski definition) is 1. The van der Waals surface area contributed by atoms with Crippen molar-refractivity contribution in [2.75, 3.05) is 32.1 Å². The molecule has 2 rings (SSSR count). The van der Waals surface area contributed by atoms with Gasteiger partial charge in [-0.2, -0.15) is 0 Å². The van der Waals surface area contributed by atoms with Gasteiger partial charge in [-0.25, -0.2) is 4.98 Å². The van der Waals surface area contributed by atoms with Gasteiger partial charge in [0.1, 0.15) is 5.82 Å². The first-order valence-electron chi connectivity index (χ1n) is 7.97. The fourth-order valence-corrected chi connectivity index (χ4v) is 2.81. The largest absolute Gasteiger partial charge is 0.356 e. The lowest BCUT2D eigenvalue weighted by atomic mass is 10.0. The third-order valence-electron chi connectivity index (χ3n) is 4.17. The quantitative estimate of drug-likeness (QED) is 0.923. The van der Waals surface area contributed by atoms with Crippen molar-refractivity contribution in [3.63, 3.8) is 0 Å². The molecule has 0 saturated carbocycles. The minimum atomic E-state index is 0.130. The molecule has 0 spiro atoms. The molecule has 2 heterocycles. The van der Waals surface area contributed by atoms with Crippen molar-refractivity contribution >= 4 is 5.82 Å². The van der Waals surface area contributed by atoms with Crippen LogP contribution in [0.3, 0.4) is 0 Å². The third kappa shape index (κ3) is 4.68. The van der Waals surface area contributed by atoms with Crippen molar-refractivity contribution in [1.29, 1.82) is 0 Å². The van der Waals surface area contributed by atoms with E-state index in [4.69, 9.17) is 0 Å². The predicted octanol–water partition coefficient (Wildman–Crippen LogP) is 2.50. The van der Waals surface area contributed by atoms with Crippen LogP contribution in [0.4, 0.5) is 5.82 Å². The minimum Gasteiger partial charge on any atom is -0.356 e. The lowest BCUT2D eigenvalue weighted by molar-refractivity contribution is 0.249. The minimum absolute atomic E-state index is 0.130. The lowest BCUT2D eigenvalue weighted by Crippen LogP contribution is -2.43. The maximum absolute atomic E-state index is 4.65. The summed E-state index contributed by atoms with van der Waals surface area (Å²) in [7, 11) is 4.36. The summed E-state index contributed by atoms with van der Waals surface area (Å²) in [6, 6.07) is 4.94. The summed E-state index contributed by atoms with van der Waals surface area (Å²) >= 11 is 0. The number of anilines is 1. The van der Waals surface area contributed by atoms with E-state index in [0.29, 0.717) is 6.04 Å². The van der Waals surface area contributed by atoms with E-state index >= 15 is 0 Å². The van der Waals surface area contributed by atoms with E-state index in [1.54, 1.807) is 0 Å². The van der Waals surface area contributed by atoms with Gasteiger partial charge in [-0.3, -0.25) is 0 Å². The van der Waals surface area contributed by atoms with Crippen LogP contribution in [0.2, 0.25) is 0 Å². The average molecular weight is 290 g/mol. The van der Waals surface area contributed by atoms with Crippen LogP contribution in [0, 0.1) is 0 Å². The summed E-state index contributed by atoms with van der Waals surface area (Å²) < 4.78 is 0. The number of piperidine rings is 1. The Hall–Kier alpha value is -1.13. The second-order valence-electron chi connectivity index (χ2n) is 7.27. The molecule has 118 valence electrons. The van der Waals surface area contributed by atoms with Crippen molar-refractivity contribution in [3.05, 3.63) is 23.9 Å². The molecule has 4 nitrogen and oxygen atoms in total. The van der Waals surface area contributed by atoms with Gasteiger partial charge in [-0.1, -0.05) is 6.07 Å². The highest BCUT2D eigenvalue weighted by Gasteiger charge is 2.23. The molecule has 0 unspecified atom stereocenters. The van der Waals surface area contributed by atoms with Crippen LogP contribution in [-0.2, 0) is 6.54 Å². The molecule has 0 amide bonds. The Morgan fingerprint density at radius 3 is 2.52 bits per heavy atom. The number of rotatable bonds is 4. The number of aromatic nitrogens is 1. The number of pyridine rings is 1. The number of hydrogen-bond acceptors (Lipinski definition) is 4. The summed E-state index contributed by atoms with van der Waals surface area (Å²) in [5.41, 5.74) is 1.43. The first-order valence-corrected chi connectivity index (χ1v) is 7.97. The SMILES string of the molecule is CN(C)C1CCN(c2ncccc2CNC(C)(C)C)CC1. The average Bonchev–Trinajstić information content (AvgIpc) is 2.45. The first kappa shape index (κ1) is 16.2. The molecule has 21 heavy (non-hydrogen) atoms. The molecule has 4 heteroatoms. The zero-order chi connectivity index (χ0) is 15.5. The molecule has 0 bridgehead atoms. The van der Waals surface area contributed by atoms with Crippen molar-refractivity contribution in [2.45, 2.75) is 51.7 Å². The van der Waals surface area contributed by atoms with Gasteiger partial charge < -0.3 is 15.1 Å². The standard InChI is InChI=1S/C17H30N4/c1-17(2,3)19-13-14-7-6-10-18-16(14)21-11-8-15(9-12-21)20(4)5/h6-7,10,15,19H,8-9,11-13H2,1-5H3. The van der Waals surface area contributed by atoms with Gasteiger partial charge in [-0.15, -0.1) is 0 Å². The third-order valence-corrected chi connectivity index (χ3v) is 4.17. The summed E-state index contributed by atoms with van der Waals surface area (Å²) in [5, 5.41) is 3.57. The van der Waals surface area contributed by atoms with E-state index in [9.17, 15) is 0 Å². The predicted molar refractivity (Wildman–Crippen MR) is 89.8 cm³/mol. The molecule has 0 aliphatic carbocycles. The van der Waals surface area contributed by atoms with Crippen molar-refractivity contribution in [1.82, 2.24) is 15.2 Å². The van der Waals surface area contributed by atoms with Gasteiger partial charge in [0.15, 0.2) is 0 Å².